The normalized spacial score (nSPS) is 12.9. The number of nitrogens with zero attached hydrogens (tertiary/aromatic N) is 3. The minimum absolute atomic E-state index is 0.0453. The average Bonchev–Trinajstić information content (AvgIpc) is 3.15. The van der Waals surface area contributed by atoms with Gasteiger partial charge in [0.2, 0.25) is 10.6 Å². The van der Waals surface area contributed by atoms with Gasteiger partial charge in [-0.3, -0.25) is 9.36 Å². The van der Waals surface area contributed by atoms with Gasteiger partial charge in [-0.05, 0) is 36.8 Å². The van der Waals surface area contributed by atoms with Crippen LogP contribution in [0.25, 0.3) is 16.9 Å². The van der Waals surface area contributed by atoms with Gasteiger partial charge >= 0.3 is 0 Å². The highest BCUT2D eigenvalue weighted by molar-refractivity contribution is 7.71. The lowest BCUT2D eigenvalue weighted by atomic mass is 10.1. The van der Waals surface area contributed by atoms with Gasteiger partial charge < -0.3 is 0 Å². The van der Waals surface area contributed by atoms with Crippen molar-refractivity contribution in [1.29, 1.82) is 0 Å². The third-order valence-electron chi connectivity index (χ3n) is 4.55. The summed E-state index contributed by atoms with van der Waals surface area (Å²) in [5, 5.41) is 4.49. The Kier molecular flexibility index (Phi) is 4.69. The SMILES string of the molecule is CCC/C=C/C=N/n1c2c(n(-c3ccccc3)c1=S)-c1ccccc1C2=O. The number of allylic oxidation sites excluding steroid dienone is 2. The van der Waals surface area contributed by atoms with Gasteiger partial charge in [0.25, 0.3) is 0 Å². The molecule has 4 rings (SSSR count). The maximum absolute atomic E-state index is 13.1. The van der Waals surface area contributed by atoms with Gasteiger partial charge in [-0.2, -0.15) is 5.10 Å². The van der Waals surface area contributed by atoms with Gasteiger partial charge in [0, 0.05) is 23.0 Å². The highest BCUT2D eigenvalue weighted by Gasteiger charge is 2.34. The molecule has 2 aromatic carbocycles. The largest absolute Gasteiger partial charge is 0.287 e. The van der Waals surface area contributed by atoms with Gasteiger partial charge in [-0.15, -0.1) is 0 Å². The maximum Gasteiger partial charge on any atom is 0.214 e. The van der Waals surface area contributed by atoms with Crippen LogP contribution in [-0.4, -0.2) is 21.2 Å². The molecule has 0 aliphatic heterocycles. The number of hydrogen-bond acceptors (Lipinski definition) is 3. The highest BCUT2D eigenvalue weighted by atomic mass is 32.1. The van der Waals surface area contributed by atoms with Crippen molar-refractivity contribution < 1.29 is 4.79 Å². The van der Waals surface area contributed by atoms with E-state index in [4.69, 9.17) is 12.2 Å². The molecule has 0 amide bonds. The molecule has 1 aromatic heterocycles. The lowest BCUT2D eigenvalue weighted by Gasteiger charge is -2.07. The Morgan fingerprint density at radius 2 is 1.70 bits per heavy atom. The Morgan fingerprint density at radius 3 is 2.44 bits per heavy atom. The first kappa shape index (κ1) is 17.4. The minimum Gasteiger partial charge on any atom is -0.287 e. The van der Waals surface area contributed by atoms with Gasteiger partial charge in [0.15, 0.2) is 0 Å². The van der Waals surface area contributed by atoms with Gasteiger partial charge in [-0.1, -0.05) is 61.9 Å². The molecule has 5 heteroatoms. The molecule has 0 saturated carbocycles. The summed E-state index contributed by atoms with van der Waals surface area (Å²) in [6, 6.07) is 17.5. The first-order valence-electron chi connectivity index (χ1n) is 9.00. The van der Waals surface area contributed by atoms with Crippen LogP contribution in [0.3, 0.4) is 0 Å². The topological polar surface area (TPSA) is 39.3 Å². The van der Waals surface area contributed by atoms with Crippen LogP contribution in [0.1, 0.15) is 35.8 Å². The summed E-state index contributed by atoms with van der Waals surface area (Å²) in [5.74, 6) is -0.0453. The van der Waals surface area contributed by atoms with E-state index < -0.39 is 0 Å². The number of rotatable bonds is 5. The predicted molar refractivity (Wildman–Crippen MR) is 111 cm³/mol. The summed E-state index contributed by atoms with van der Waals surface area (Å²) in [7, 11) is 0. The molecule has 0 radical (unpaired) electrons. The Morgan fingerprint density at radius 1 is 1.00 bits per heavy atom. The smallest absolute Gasteiger partial charge is 0.214 e. The zero-order chi connectivity index (χ0) is 18.8. The molecule has 0 saturated heterocycles. The summed E-state index contributed by atoms with van der Waals surface area (Å²) < 4.78 is 3.99. The number of imidazole rings is 1. The van der Waals surface area contributed by atoms with Crippen LogP contribution >= 0.6 is 12.2 Å². The second kappa shape index (κ2) is 7.29. The van der Waals surface area contributed by atoms with Crippen molar-refractivity contribution in [3.05, 3.63) is 82.8 Å². The summed E-state index contributed by atoms with van der Waals surface area (Å²) in [5.41, 5.74) is 3.82. The maximum atomic E-state index is 13.1. The molecule has 134 valence electrons. The number of carbonyl (C=O) groups is 1. The van der Waals surface area contributed by atoms with Crippen molar-refractivity contribution in [1.82, 2.24) is 9.24 Å². The van der Waals surface area contributed by atoms with E-state index in [0.717, 1.165) is 29.8 Å². The first-order valence-corrected chi connectivity index (χ1v) is 9.41. The van der Waals surface area contributed by atoms with Gasteiger partial charge in [0.1, 0.15) is 5.69 Å². The zero-order valence-corrected chi connectivity index (χ0v) is 15.8. The van der Waals surface area contributed by atoms with Gasteiger partial charge in [-0.25, -0.2) is 4.68 Å². The molecule has 0 atom stereocenters. The number of aromatic nitrogens is 2. The Bertz CT molecular complexity index is 1120. The minimum atomic E-state index is -0.0453. The molecule has 0 N–H and O–H groups in total. The molecule has 0 spiro atoms. The lowest BCUT2D eigenvalue weighted by molar-refractivity contribution is 0.103. The van der Waals surface area contributed by atoms with Crippen molar-refractivity contribution in [3.8, 4) is 16.9 Å². The van der Waals surface area contributed by atoms with Crippen molar-refractivity contribution in [3.63, 3.8) is 0 Å². The molecule has 3 aromatic rings. The first-order chi connectivity index (χ1) is 13.2. The number of fused-ring (bicyclic) bond motifs is 3. The van der Waals surface area contributed by atoms with Crippen LogP contribution in [0.15, 0.2) is 71.9 Å². The quantitative estimate of drug-likeness (QED) is 0.347. The molecule has 1 aliphatic carbocycles. The number of benzene rings is 2. The second-order valence-corrected chi connectivity index (χ2v) is 6.68. The molecule has 27 heavy (non-hydrogen) atoms. The van der Waals surface area contributed by atoms with Crippen LogP contribution in [0.2, 0.25) is 0 Å². The average molecular weight is 373 g/mol. The molecular weight excluding hydrogens is 354 g/mol. The summed E-state index contributed by atoms with van der Waals surface area (Å²) >= 11 is 5.70. The zero-order valence-electron chi connectivity index (χ0n) is 15.0. The van der Waals surface area contributed by atoms with Crippen LogP contribution < -0.4 is 0 Å². The van der Waals surface area contributed by atoms with E-state index in [-0.39, 0.29) is 5.78 Å². The fourth-order valence-corrected chi connectivity index (χ4v) is 3.65. The monoisotopic (exact) mass is 373 g/mol. The van der Waals surface area contributed by atoms with Gasteiger partial charge in [0.05, 0.1) is 5.69 Å². The van der Waals surface area contributed by atoms with Crippen molar-refractivity contribution >= 4 is 24.2 Å². The molecule has 4 nitrogen and oxygen atoms in total. The third kappa shape index (κ3) is 2.90. The highest BCUT2D eigenvalue weighted by Crippen LogP contribution is 2.39. The summed E-state index contributed by atoms with van der Waals surface area (Å²) in [4.78, 5) is 13.1. The van der Waals surface area contributed by atoms with E-state index in [1.165, 1.54) is 0 Å². The molecule has 0 fully saturated rings. The van der Waals surface area contributed by atoms with Crippen LogP contribution in [0, 0.1) is 4.77 Å². The van der Waals surface area contributed by atoms with Crippen LogP contribution in [-0.2, 0) is 0 Å². The fraction of sp³-hybridized carbons (Fsp3) is 0.136. The molecule has 0 bridgehead atoms. The predicted octanol–water partition coefficient (Wildman–Crippen LogP) is 5.41. The van der Waals surface area contributed by atoms with E-state index >= 15 is 0 Å². The third-order valence-corrected chi connectivity index (χ3v) is 4.90. The van der Waals surface area contributed by atoms with E-state index in [1.807, 2.05) is 65.2 Å². The standard InChI is InChI=1S/C22H19N3OS/c1-2-3-4-10-15-23-25-20-19(17-13-8-9-14-18(17)21(20)26)24(22(25)27)16-11-6-5-7-12-16/h4-15H,2-3H2,1H3/b10-4+,23-15+. The number of unbranched alkanes of at least 4 members (excludes halogenated alkanes) is 1. The van der Waals surface area contributed by atoms with Crippen LogP contribution in [0.5, 0.6) is 0 Å². The number of carbonyl (C=O) groups excluding carboxylic acids is 1. The molecular formula is C22H19N3OS. The van der Waals surface area contributed by atoms with E-state index in [2.05, 4.69) is 18.1 Å². The second-order valence-electron chi connectivity index (χ2n) is 6.32. The van der Waals surface area contributed by atoms with E-state index in [1.54, 1.807) is 10.9 Å². The van der Waals surface area contributed by atoms with Crippen molar-refractivity contribution in [2.45, 2.75) is 19.8 Å². The Labute approximate surface area is 163 Å². The molecule has 1 heterocycles. The van der Waals surface area contributed by atoms with Crippen molar-refractivity contribution in [2.75, 3.05) is 0 Å². The number of hydrogen-bond donors (Lipinski definition) is 0. The number of ketones is 1. The summed E-state index contributed by atoms with van der Waals surface area (Å²) in [6.45, 7) is 2.13. The molecule has 0 unspecified atom stereocenters. The summed E-state index contributed by atoms with van der Waals surface area (Å²) in [6.07, 6.45) is 7.71. The molecule has 1 aliphatic rings. The van der Waals surface area contributed by atoms with Crippen molar-refractivity contribution in [2.24, 2.45) is 5.10 Å². The van der Waals surface area contributed by atoms with E-state index in [0.29, 0.717) is 16.0 Å². The Balaban J connectivity index is 1.95. The lowest BCUT2D eigenvalue weighted by Crippen LogP contribution is -2.04. The Hall–Kier alpha value is -3.05. The fourth-order valence-electron chi connectivity index (χ4n) is 3.31. The number of para-hydroxylation sites is 1. The van der Waals surface area contributed by atoms with E-state index in [9.17, 15) is 4.79 Å². The van der Waals surface area contributed by atoms with Crippen LogP contribution in [0.4, 0.5) is 0 Å².